The van der Waals surface area contributed by atoms with E-state index < -0.39 is 0 Å². The normalized spacial score (nSPS) is 18.8. The van der Waals surface area contributed by atoms with E-state index in [2.05, 4.69) is 22.6 Å². The van der Waals surface area contributed by atoms with Crippen molar-refractivity contribution in [2.24, 2.45) is 5.92 Å². The number of anilines is 1. The second-order valence-electron chi connectivity index (χ2n) is 4.82. The molecule has 1 aromatic rings. The molecular weight excluding hydrogens is 357 g/mol. The van der Waals surface area contributed by atoms with Crippen molar-refractivity contribution < 1.29 is 14.3 Å². The molecule has 1 amide bonds. The molecule has 0 bridgehead atoms. The number of hydrogen-bond acceptors (Lipinski definition) is 3. The minimum absolute atomic E-state index is 0.0181. The van der Waals surface area contributed by atoms with Crippen LogP contribution in [-0.4, -0.2) is 25.5 Å². The van der Waals surface area contributed by atoms with Crippen LogP contribution in [0.4, 0.5) is 5.69 Å². The molecule has 0 N–H and O–H groups in total. The van der Waals surface area contributed by atoms with Crippen molar-refractivity contribution in [2.75, 3.05) is 18.6 Å². The first-order valence-corrected chi connectivity index (χ1v) is 7.17. The van der Waals surface area contributed by atoms with Crippen molar-refractivity contribution in [1.82, 2.24) is 0 Å². The molecule has 0 saturated carbocycles. The molecule has 1 heterocycles. The highest BCUT2D eigenvalue weighted by Crippen LogP contribution is 2.29. The maximum Gasteiger partial charge on any atom is 0.311 e. The van der Waals surface area contributed by atoms with Gasteiger partial charge in [0.2, 0.25) is 5.91 Å². The highest BCUT2D eigenvalue weighted by molar-refractivity contribution is 14.1. The quantitative estimate of drug-likeness (QED) is 0.591. The monoisotopic (exact) mass is 373 g/mol. The number of aryl methyl sites for hydroxylation is 2. The van der Waals surface area contributed by atoms with Crippen LogP contribution in [-0.2, 0) is 14.3 Å². The maximum atomic E-state index is 12.0. The van der Waals surface area contributed by atoms with E-state index in [4.69, 9.17) is 4.74 Å². The van der Waals surface area contributed by atoms with Gasteiger partial charge in [-0.1, -0.05) is 0 Å². The first-order valence-electron chi connectivity index (χ1n) is 6.09. The highest BCUT2D eigenvalue weighted by atomic mass is 127. The van der Waals surface area contributed by atoms with Crippen LogP contribution < -0.4 is 4.90 Å². The van der Waals surface area contributed by atoms with Gasteiger partial charge >= 0.3 is 5.97 Å². The minimum atomic E-state index is -0.350. The summed E-state index contributed by atoms with van der Waals surface area (Å²) in [6.45, 7) is 4.46. The van der Waals surface area contributed by atoms with Crippen LogP contribution in [0.25, 0.3) is 0 Å². The van der Waals surface area contributed by atoms with Crippen LogP contribution in [0.2, 0.25) is 0 Å². The Labute approximate surface area is 126 Å². The smallest absolute Gasteiger partial charge is 0.311 e. The fourth-order valence-corrected chi connectivity index (χ4v) is 2.67. The molecule has 4 nitrogen and oxygen atoms in total. The van der Waals surface area contributed by atoms with Crippen molar-refractivity contribution in [1.29, 1.82) is 0 Å². The molecule has 1 fully saturated rings. The lowest BCUT2D eigenvalue weighted by atomic mass is 10.1. The zero-order valence-electron chi connectivity index (χ0n) is 11.2. The van der Waals surface area contributed by atoms with Gasteiger partial charge in [0.25, 0.3) is 0 Å². The third-order valence-electron chi connectivity index (χ3n) is 3.39. The van der Waals surface area contributed by atoms with Crippen LogP contribution in [0, 0.1) is 23.3 Å². The van der Waals surface area contributed by atoms with Crippen LogP contribution in [0.15, 0.2) is 12.1 Å². The second-order valence-corrected chi connectivity index (χ2v) is 5.90. The number of carbonyl (C=O) groups excluding carboxylic acids is 2. The van der Waals surface area contributed by atoms with Crippen molar-refractivity contribution in [3.05, 3.63) is 26.8 Å². The summed E-state index contributed by atoms with van der Waals surface area (Å²) >= 11 is 2.30. The van der Waals surface area contributed by atoms with Crippen LogP contribution in [0.5, 0.6) is 0 Å². The van der Waals surface area contributed by atoms with Gasteiger partial charge in [-0.15, -0.1) is 0 Å². The Morgan fingerprint density at radius 2 is 1.95 bits per heavy atom. The Balaban J connectivity index is 2.28. The first-order chi connectivity index (χ1) is 8.93. The van der Waals surface area contributed by atoms with Gasteiger partial charge in [-0.2, -0.15) is 0 Å². The number of methoxy groups -OCH3 is 1. The fraction of sp³-hybridized carbons (Fsp3) is 0.429. The summed E-state index contributed by atoms with van der Waals surface area (Å²) < 4.78 is 5.92. The number of hydrogen-bond donors (Lipinski definition) is 0. The summed E-state index contributed by atoms with van der Waals surface area (Å²) in [6.07, 6.45) is 0.233. The van der Waals surface area contributed by atoms with E-state index in [1.165, 1.54) is 10.7 Å². The third kappa shape index (κ3) is 2.75. The molecule has 0 aliphatic carbocycles. The predicted octanol–water partition coefficient (Wildman–Crippen LogP) is 2.43. The number of rotatable bonds is 2. The molecule has 1 saturated heterocycles. The van der Waals surface area contributed by atoms with Gasteiger partial charge in [0, 0.05) is 22.2 Å². The summed E-state index contributed by atoms with van der Waals surface area (Å²) in [5, 5.41) is 0. The fourth-order valence-electron chi connectivity index (χ4n) is 2.36. The Hall–Kier alpha value is -1.11. The average Bonchev–Trinajstić information content (AvgIpc) is 2.76. The van der Waals surface area contributed by atoms with E-state index in [0.717, 1.165) is 16.8 Å². The summed E-state index contributed by atoms with van der Waals surface area (Å²) in [5.74, 6) is -0.678. The van der Waals surface area contributed by atoms with Gasteiger partial charge in [-0.05, 0) is 59.7 Å². The minimum Gasteiger partial charge on any atom is -0.469 e. The molecule has 0 aromatic heterocycles. The average molecular weight is 373 g/mol. The molecule has 0 radical (unpaired) electrons. The third-order valence-corrected chi connectivity index (χ3v) is 5.09. The first kappa shape index (κ1) is 14.3. The Morgan fingerprint density at radius 3 is 2.47 bits per heavy atom. The molecule has 1 atom stereocenters. The van der Waals surface area contributed by atoms with Crippen LogP contribution in [0.1, 0.15) is 17.5 Å². The molecule has 19 heavy (non-hydrogen) atoms. The Morgan fingerprint density at radius 1 is 1.37 bits per heavy atom. The number of ether oxygens (including phenoxy) is 1. The van der Waals surface area contributed by atoms with Crippen LogP contribution >= 0.6 is 22.6 Å². The molecule has 1 aliphatic heterocycles. The number of esters is 1. The molecular formula is C14H16INO3. The number of nitrogens with zero attached hydrogens (tertiary/aromatic N) is 1. The van der Waals surface area contributed by atoms with E-state index in [0.29, 0.717) is 6.54 Å². The molecule has 0 unspecified atom stereocenters. The number of benzene rings is 1. The predicted molar refractivity (Wildman–Crippen MR) is 81.1 cm³/mol. The zero-order chi connectivity index (χ0) is 14.2. The van der Waals surface area contributed by atoms with Gasteiger partial charge in [0.05, 0.1) is 13.0 Å². The number of halogens is 1. The molecule has 102 valence electrons. The number of carbonyl (C=O) groups is 2. The Bertz CT molecular complexity index is 518. The summed E-state index contributed by atoms with van der Waals surface area (Å²) in [6, 6.07) is 3.98. The largest absolute Gasteiger partial charge is 0.469 e. The van der Waals surface area contributed by atoms with Gasteiger partial charge in [-0.25, -0.2) is 0 Å². The van der Waals surface area contributed by atoms with Gasteiger partial charge < -0.3 is 9.64 Å². The summed E-state index contributed by atoms with van der Waals surface area (Å²) in [7, 11) is 1.36. The number of amides is 1. The summed E-state index contributed by atoms with van der Waals surface area (Å²) in [5.41, 5.74) is 3.15. The molecule has 2 rings (SSSR count). The van der Waals surface area contributed by atoms with Crippen molar-refractivity contribution in [2.45, 2.75) is 20.3 Å². The van der Waals surface area contributed by atoms with Crippen molar-refractivity contribution in [3.63, 3.8) is 0 Å². The molecule has 1 aromatic carbocycles. The van der Waals surface area contributed by atoms with Crippen molar-refractivity contribution in [3.8, 4) is 0 Å². The van der Waals surface area contributed by atoms with E-state index in [9.17, 15) is 9.59 Å². The zero-order valence-corrected chi connectivity index (χ0v) is 13.4. The van der Waals surface area contributed by atoms with Gasteiger partial charge in [0.15, 0.2) is 0 Å². The highest BCUT2D eigenvalue weighted by Gasteiger charge is 2.35. The molecule has 5 heteroatoms. The standard InChI is InChI=1S/C14H16INO3/c1-8-4-11(5-9(2)13(8)15)16-7-10(6-12(16)17)14(18)19-3/h4-5,10H,6-7H2,1-3H3/t10-/m1/s1. The lowest BCUT2D eigenvalue weighted by Gasteiger charge is -2.18. The topological polar surface area (TPSA) is 46.6 Å². The van der Waals surface area contributed by atoms with Crippen LogP contribution in [0.3, 0.4) is 0 Å². The van der Waals surface area contributed by atoms with Gasteiger partial charge in [-0.3, -0.25) is 9.59 Å². The maximum absolute atomic E-state index is 12.0. The molecule has 1 aliphatic rings. The van der Waals surface area contributed by atoms with E-state index in [1.54, 1.807) is 4.90 Å². The lowest BCUT2D eigenvalue weighted by Crippen LogP contribution is -2.26. The van der Waals surface area contributed by atoms with E-state index in [-0.39, 0.29) is 24.2 Å². The van der Waals surface area contributed by atoms with Gasteiger partial charge in [0.1, 0.15) is 0 Å². The van der Waals surface area contributed by atoms with E-state index in [1.807, 2.05) is 26.0 Å². The SMILES string of the molecule is COC(=O)[C@@H]1CC(=O)N(c2cc(C)c(I)c(C)c2)C1. The van der Waals surface area contributed by atoms with E-state index >= 15 is 0 Å². The Kier molecular flexibility index (Phi) is 4.13. The molecule has 0 spiro atoms. The van der Waals surface area contributed by atoms with Crippen molar-refractivity contribution >= 4 is 40.2 Å². The lowest BCUT2D eigenvalue weighted by molar-refractivity contribution is -0.145. The second kappa shape index (κ2) is 5.48. The summed E-state index contributed by atoms with van der Waals surface area (Å²) in [4.78, 5) is 25.2.